The summed E-state index contributed by atoms with van der Waals surface area (Å²) in [5, 5.41) is 2.62. The molecule has 0 amide bonds. The lowest BCUT2D eigenvalue weighted by atomic mass is 9.79. The molecule has 0 saturated heterocycles. The van der Waals surface area contributed by atoms with E-state index in [0.717, 1.165) is 12.8 Å². The molecule has 2 unspecified atom stereocenters. The average Bonchev–Trinajstić information content (AvgIpc) is 3.51. The summed E-state index contributed by atoms with van der Waals surface area (Å²) in [5.74, 6) is 0.844. The lowest BCUT2D eigenvalue weighted by Gasteiger charge is -2.24. The van der Waals surface area contributed by atoms with Crippen molar-refractivity contribution < 1.29 is 0 Å². The number of benzene rings is 5. The van der Waals surface area contributed by atoms with Gasteiger partial charge in [-0.15, -0.1) is 0 Å². The van der Waals surface area contributed by atoms with Crippen LogP contribution < -0.4 is 0 Å². The summed E-state index contributed by atoms with van der Waals surface area (Å²) in [7, 11) is 0. The first kappa shape index (κ1) is 21.4. The first-order chi connectivity index (χ1) is 17.7. The molecule has 174 valence electrons. The Morgan fingerprint density at radius 1 is 0.667 bits per heavy atom. The van der Waals surface area contributed by atoms with Crippen molar-refractivity contribution in [2.75, 3.05) is 0 Å². The van der Waals surface area contributed by atoms with Crippen molar-refractivity contribution in [3.8, 4) is 22.3 Å². The second-order valence-electron chi connectivity index (χ2n) is 10.4. The summed E-state index contributed by atoms with van der Waals surface area (Å²) >= 11 is 0. The second-order valence-corrected chi connectivity index (χ2v) is 10.4. The number of rotatable bonds is 4. The normalized spacial score (nSPS) is 16.4. The van der Waals surface area contributed by atoms with Crippen LogP contribution in [0.1, 0.15) is 54.0 Å². The van der Waals surface area contributed by atoms with Crippen LogP contribution in [0, 0.1) is 5.92 Å². The SMILES string of the molecule is CCC(C)C1=Cc2c(-c3cccc4ccccc34)cccc2C1c1cccc2c1Cc1ccccc1-2. The van der Waals surface area contributed by atoms with Crippen LogP contribution in [0.4, 0.5) is 0 Å². The summed E-state index contributed by atoms with van der Waals surface area (Å²) in [5.41, 5.74) is 14.4. The molecule has 2 aliphatic rings. The van der Waals surface area contributed by atoms with Gasteiger partial charge in [0, 0.05) is 5.92 Å². The van der Waals surface area contributed by atoms with Crippen LogP contribution in [0.5, 0.6) is 0 Å². The topological polar surface area (TPSA) is 0 Å². The van der Waals surface area contributed by atoms with Gasteiger partial charge in [0.25, 0.3) is 0 Å². The van der Waals surface area contributed by atoms with Gasteiger partial charge in [-0.25, -0.2) is 0 Å². The molecule has 0 bridgehead atoms. The van der Waals surface area contributed by atoms with Crippen LogP contribution >= 0.6 is 0 Å². The Hall–Kier alpha value is -3.90. The molecule has 5 aromatic rings. The maximum Gasteiger partial charge on any atom is 0.0314 e. The summed E-state index contributed by atoms with van der Waals surface area (Å²) in [4.78, 5) is 0. The van der Waals surface area contributed by atoms with Crippen molar-refractivity contribution in [3.05, 3.63) is 137 Å². The van der Waals surface area contributed by atoms with Crippen molar-refractivity contribution in [3.63, 3.8) is 0 Å². The molecule has 0 fully saturated rings. The van der Waals surface area contributed by atoms with Crippen molar-refractivity contribution in [1.29, 1.82) is 0 Å². The minimum absolute atomic E-state index is 0.314. The summed E-state index contributed by atoms with van der Waals surface area (Å²) in [6.07, 6.45) is 4.71. The van der Waals surface area contributed by atoms with E-state index in [9.17, 15) is 0 Å². The molecule has 0 N–H and O–H groups in total. The van der Waals surface area contributed by atoms with E-state index in [4.69, 9.17) is 0 Å². The molecule has 2 atom stereocenters. The summed E-state index contributed by atoms with van der Waals surface area (Å²) < 4.78 is 0. The van der Waals surface area contributed by atoms with Crippen molar-refractivity contribution in [1.82, 2.24) is 0 Å². The van der Waals surface area contributed by atoms with E-state index < -0.39 is 0 Å². The lowest BCUT2D eigenvalue weighted by molar-refractivity contribution is 0.625. The lowest BCUT2D eigenvalue weighted by Crippen LogP contribution is -2.10. The molecule has 0 saturated carbocycles. The average molecular weight is 463 g/mol. The van der Waals surface area contributed by atoms with Gasteiger partial charge in [0.15, 0.2) is 0 Å². The monoisotopic (exact) mass is 462 g/mol. The van der Waals surface area contributed by atoms with Crippen LogP contribution in [0.2, 0.25) is 0 Å². The molecule has 0 heteroatoms. The van der Waals surface area contributed by atoms with E-state index in [1.165, 1.54) is 60.8 Å². The predicted molar refractivity (Wildman–Crippen MR) is 153 cm³/mol. The van der Waals surface area contributed by atoms with Gasteiger partial charge in [-0.1, -0.05) is 129 Å². The van der Waals surface area contributed by atoms with Crippen LogP contribution in [-0.4, -0.2) is 0 Å². The molecular formula is C36H30. The van der Waals surface area contributed by atoms with E-state index in [1.807, 2.05) is 0 Å². The van der Waals surface area contributed by atoms with Crippen molar-refractivity contribution in [2.24, 2.45) is 5.92 Å². The number of hydrogen-bond acceptors (Lipinski definition) is 0. The zero-order valence-electron chi connectivity index (χ0n) is 21.0. The molecule has 5 aromatic carbocycles. The minimum atomic E-state index is 0.314. The molecule has 2 aliphatic carbocycles. The van der Waals surface area contributed by atoms with Gasteiger partial charge < -0.3 is 0 Å². The fourth-order valence-corrected chi connectivity index (χ4v) is 6.58. The third-order valence-corrected chi connectivity index (χ3v) is 8.55. The Morgan fingerprint density at radius 2 is 1.33 bits per heavy atom. The van der Waals surface area contributed by atoms with E-state index in [0.29, 0.717) is 11.8 Å². The van der Waals surface area contributed by atoms with Gasteiger partial charge >= 0.3 is 0 Å². The first-order valence-electron chi connectivity index (χ1n) is 13.3. The molecule has 0 aliphatic heterocycles. The van der Waals surface area contributed by atoms with Crippen LogP contribution in [0.25, 0.3) is 39.1 Å². The molecule has 0 nitrogen and oxygen atoms in total. The maximum atomic E-state index is 2.53. The molecule has 36 heavy (non-hydrogen) atoms. The largest absolute Gasteiger partial charge is 0.0648 e. The van der Waals surface area contributed by atoms with E-state index in [2.05, 4.69) is 123 Å². The van der Waals surface area contributed by atoms with E-state index in [1.54, 1.807) is 5.57 Å². The second kappa shape index (κ2) is 8.35. The summed E-state index contributed by atoms with van der Waals surface area (Å²) in [6, 6.07) is 38.4. The molecule has 0 spiro atoms. The van der Waals surface area contributed by atoms with Gasteiger partial charge in [-0.05, 0) is 79.6 Å². The molecular weight excluding hydrogens is 432 g/mol. The Balaban J connectivity index is 1.45. The number of fused-ring (bicyclic) bond motifs is 5. The van der Waals surface area contributed by atoms with Gasteiger partial charge in [0.05, 0.1) is 0 Å². The predicted octanol–water partition coefficient (Wildman–Crippen LogP) is 9.65. The maximum absolute atomic E-state index is 2.53. The van der Waals surface area contributed by atoms with Crippen LogP contribution in [0.3, 0.4) is 0 Å². The molecule has 0 heterocycles. The number of hydrogen-bond donors (Lipinski definition) is 0. The Labute approximate surface area is 214 Å². The quantitative estimate of drug-likeness (QED) is 0.245. The van der Waals surface area contributed by atoms with Crippen LogP contribution in [0.15, 0.2) is 109 Å². The summed E-state index contributed by atoms with van der Waals surface area (Å²) in [6.45, 7) is 4.72. The van der Waals surface area contributed by atoms with Gasteiger partial charge in [0.2, 0.25) is 0 Å². The smallest absolute Gasteiger partial charge is 0.0314 e. The highest BCUT2D eigenvalue weighted by Gasteiger charge is 2.34. The molecule has 0 aromatic heterocycles. The van der Waals surface area contributed by atoms with Gasteiger partial charge in [-0.2, -0.15) is 0 Å². The van der Waals surface area contributed by atoms with Crippen molar-refractivity contribution >= 4 is 16.8 Å². The zero-order chi connectivity index (χ0) is 24.2. The Kier molecular flexibility index (Phi) is 4.96. The van der Waals surface area contributed by atoms with E-state index >= 15 is 0 Å². The highest BCUT2D eigenvalue weighted by atomic mass is 14.4. The highest BCUT2D eigenvalue weighted by molar-refractivity contribution is 5.99. The third-order valence-electron chi connectivity index (χ3n) is 8.55. The number of allylic oxidation sites excluding steroid dienone is 1. The standard InChI is InChI=1S/C36H30/c1-3-23(2)33-22-35-30(28-16-8-13-24-11-4-6-14-26(24)28)18-10-20-32(35)36(33)31-19-9-17-29-27-15-7-5-12-25(27)21-34(29)31/h4-20,22-23,36H,3,21H2,1-2H3. The Bertz CT molecular complexity index is 1660. The Morgan fingerprint density at radius 3 is 2.22 bits per heavy atom. The fourth-order valence-electron chi connectivity index (χ4n) is 6.58. The fraction of sp³-hybridized carbons (Fsp3) is 0.167. The van der Waals surface area contributed by atoms with Crippen molar-refractivity contribution in [2.45, 2.75) is 32.6 Å². The van der Waals surface area contributed by atoms with Gasteiger partial charge in [0.1, 0.15) is 0 Å². The van der Waals surface area contributed by atoms with E-state index in [-0.39, 0.29) is 0 Å². The molecule has 0 radical (unpaired) electrons. The minimum Gasteiger partial charge on any atom is -0.0648 e. The highest BCUT2D eigenvalue weighted by Crippen LogP contribution is 2.51. The first-order valence-corrected chi connectivity index (χ1v) is 13.3. The van der Waals surface area contributed by atoms with Gasteiger partial charge in [-0.3, -0.25) is 0 Å². The van der Waals surface area contributed by atoms with Crippen LogP contribution in [-0.2, 0) is 6.42 Å². The zero-order valence-corrected chi connectivity index (χ0v) is 21.0. The third kappa shape index (κ3) is 3.14. The molecule has 7 rings (SSSR count).